The summed E-state index contributed by atoms with van der Waals surface area (Å²) in [7, 11) is 0. The number of anilines is 1. The first-order chi connectivity index (χ1) is 15.4. The average molecular weight is 515 g/mol. The molecule has 0 aliphatic rings. The zero-order valence-corrected chi connectivity index (χ0v) is 20.7. The van der Waals surface area contributed by atoms with Gasteiger partial charge in [0.1, 0.15) is 5.01 Å². The smallest absolute Gasteiger partial charge is 0.227 e. The van der Waals surface area contributed by atoms with E-state index in [1.54, 1.807) is 4.90 Å². The summed E-state index contributed by atoms with van der Waals surface area (Å²) in [6.45, 7) is 5.02. The van der Waals surface area contributed by atoms with Crippen LogP contribution in [-0.2, 0) is 16.0 Å². The highest BCUT2D eigenvalue weighted by Gasteiger charge is 2.17. The first kappa shape index (κ1) is 24.1. The van der Waals surface area contributed by atoms with E-state index in [0.717, 1.165) is 21.5 Å². The third kappa shape index (κ3) is 7.53. The van der Waals surface area contributed by atoms with Gasteiger partial charge in [-0.05, 0) is 30.0 Å². The highest BCUT2D eigenvalue weighted by atomic mass is 79.9. The second-order valence-electron chi connectivity index (χ2n) is 7.93. The molecule has 0 unspecified atom stereocenters. The van der Waals surface area contributed by atoms with Gasteiger partial charge in [-0.1, -0.05) is 83.6 Å². The molecule has 0 saturated carbocycles. The summed E-state index contributed by atoms with van der Waals surface area (Å²) >= 11 is 4.74. The molecule has 0 fully saturated rings. The Morgan fingerprint density at radius 1 is 1.03 bits per heavy atom. The van der Waals surface area contributed by atoms with Crippen molar-refractivity contribution in [3.63, 3.8) is 0 Å². The van der Waals surface area contributed by atoms with Crippen LogP contribution in [0.25, 0.3) is 10.6 Å². The van der Waals surface area contributed by atoms with Crippen molar-refractivity contribution in [2.45, 2.75) is 33.1 Å². The fraction of sp³-hybridized carbons (Fsp3) is 0.333. The SMILES string of the molecule is CC(C)CC(=O)N(CCC(=O)Nc1nnc(-c2ccc(Br)cc2)s1)CCc1ccccc1. The number of nitrogens with zero attached hydrogens (tertiary/aromatic N) is 3. The molecule has 3 aromatic rings. The fourth-order valence-corrected chi connectivity index (χ4v) is 4.18. The van der Waals surface area contributed by atoms with E-state index in [2.05, 4.69) is 43.6 Å². The molecule has 32 heavy (non-hydrogen) atoms. The largest absolute Gasteiger partial charge is 0.342 e. The Morgan fingerprint density at radius 3 is 2.44 bits per heavy atom. The van der Waals surface area contributed by atoms with Crippen LogP contribution in [0.1, 0.15) is 32.3 Å². The van der Waals surface area contributed by atoms with Crippen LogP contribution in [-0.4, -0.2) is 40.0 Å². The lowest BCUT2D eigenvalue weighted by atomic mass is 10.1. The van der Waals surface area contributed by atoms with E-state index in [4.69, 9.17) is 0 Å². The molecule has 0 aliphatic carbocycles. The van der Waals surface area contributed by atoms with Crippen molar-refractivity contribution in [2.75, 3.05) is 18.4 Å². The van der Waals surface area contributed by atoms with Gasteiger partial charge >= 0.3 is 0 Å². The van der Waals surface area contributed by atoms with Crippen molar-refractivity contribution in [1.29, 1.82) is 0 Å². The van der Waals surface area contributed by atoms with Crippen molar-refractivity contribution in [1.82, 2.24) is 15.1 Å². The van der Waals surface area contributed by atoms with Crippen LogP contribution in [0.15, 0.2) is 59.1 Å². The van der Waals surface area contributed by atoms with Crippen LogP contribution in [0.5, 0.6) is 0 Å². The standard InChI is InChI=1S/C24H27BrN4O2S/c1-17(2)16-22(31)29(14-12-18-6-4-3-5-7-18)15-13-21(30)26-24-28-27-23(32-24)19-8-10-20(25)11-9-19/h3-11,17H,12-16H2,1-2H3,(H,26,28,30). The van der Waals surface area contributed by atoms with Gasteiger partial charge in [0.2, 0.25) is 16.9 Å². The van der Waals surface area contributed by atoms with Gasteiger partial charge in [-0.25, -0.2) is 0 Å². The van der Waals surface area contributed by atoms with Crippen LogP contribution in [0, 0.1) is 5.92 Å². The molecule has 1 aromatic heterocycles. The Bertz CT molecular complexity index is 1020. The highest BCUT2D eigenvalue weighted by Crippen LogP contribution is 2.27. The lowest BCUT2D eigenvalue weighted by Crippen LogP contribution is -2.36. The molecule has 1 N–H and O–H groups in total. The quantitative estimate of drug-likeness (QED) is 0.392. The lowest BCUT2D eigenvalue weighted by Gasteiger charge is -2.23. The van der Waals surface area contributed by atoms with Gasteiger partial charge < -0.3 is 10.2 Å². The maximum Gasteiger partial charge on any atom is 0.227 e. The molecule has 0 radical (unpaired) electrons. The lowest BCUT2D eigenvalue weighted by molar-refractivity contribution is -0.132. The van der Waals surface area contributed by atoms with E-state index in [0.29, 0.717) is 24.6 Å². The number of amides is 2. The number of aromatic nitrogens is 2. The Labute approximate surface area is 201 Å². The molecule has 168 valence electrons. The van der Waals surface area contributed by atoms with Crippen LogP contribution < -0.4 is 5.32 Å². The Balaban J connectivity index is 1.55. The normalized spacial score (nSPS) is 10.9. The predicted molar refractivity (Wildman–Crippen MR) is 132 cm³/mol. The Morgan fingerprint density at radius 2 is 1.75 bits per heavy atom. The van der Waals surface area contributed by atoms with Gasteiger partial charge in [-0.2, -0.15) is 0 Å². The number of nitrogens with one attached hydrogen (secondary N) is 1. The number of hydrogen-bond acceptors (Lipinski definition) is 5. The molecule has 0 aliphatic heterocycles. The fourth-order valence-electron chi connectivity index (χ4n) is 3.15. The second kappa shape index (κ2) is 11.9. The maximum absolute atomic E-state index is 12.7. The topological polar surface area (TPSA) is 75.2 Å². The van der Waals surface area contributed by atoms with E-state index in [1.807, 2.05) is 56.3 Å². The summed E-state index contributed by atoms with van der Waals surface area (Å²) in [6.07, 6.45) is 1.45. The summed E-state index contributed by atoms with van der Waals surface area (Å²) < 4.78 is 0.989. The van der Waals surface area contributed by atoms with Crippen LogP contribution in [0.3, 0.4) is 0 Å². The molecular formula is C24H27BrN4O2S. The van der Waals surface area contributed by atoms with Gasteiger partial charge in [-0.3, -0.25) is 9.59 Å². The van der Waals surface area contributed by atoms with Crippen molar-refractivity contribution in [2.24, 2.45) is 5.92 Å². The van der Waals surface area contributed by atoms with E-state index >= 15 is 0 Å². The van der Waals surface area contributed by atoms with Crippen molar-refractivity contribution >= 4 is 44.2 Å². The van der Waals surface area contributed by atoms with Crippen molar-refractivity contribution in [3.8, 4) is 10.6 Å². The minimum atomic E-state index is -0.175. The van der Waals surface area contributed by atoms with Gasteiger partial charge in [-0.15, -0.1) is 10.2 Å². The summed E-state index contributed by atoms with van der Waals surface area (Å²) in [4.78, 5) is 27.0. The number of benzene rings is 2. The van der Waals surface area contributed by atoms with Crippen LogP contribution in [0.4, 0.5) is 5.13 Å². The second-order valence-corrected chi connectivity index (χ2v) is 9.82. The molecule has 8 heteroatoms. The third-order valence-corrected chi connectivity index (χ3v) is 6.24. The molecule has 0 saturated heterocycles. The summed E-state index contributed by atoms with van der Waals surface area (Å²) in [5, 5.41) is 12.2. The zero-order chi connectivity index (χ0) is 22.9. The first-order valence-corrected chi connectivity index (χ1v) is 12.2. The summed E-state index contributed by atoms with van der Waals surface area (Å²) in [6, 6.07) is 17.8. The molecule has 3 rings (SSSR count). The van der Waals surface area contributed by atoms with E-state index in [1.165, 1.54) is 16.9 Å². The van der Waals surface area contributed by atoms with E-state index in [9.17, 15) is 9.59 Å². The van der Waals surface area contributed by atoms with Crippen molar-refractivity contribution < 1.29 is 9.59 Å². The van der Waals surface area contributed by atoms with Gasteiger partial charge in [0, 0.05) is 36.0 Å². The number of hydrogen-bond donors (Lipinski definition) is 1. The molecule has 0 bridgehead atoms. The van der Waals surface area contributed by atoms with Crippen molar-refractivity contribution in [3.05, 3.63) is 64.6 Å². The zero-order valence-electron chi connectivity index (χ0n) is 18.3. The molecule has 0 atom stereocenters. The minimum absolute atomic E-state index is 0.0807. The van der Waals surface area contributed by atoms with E-state index in [-0.39, 0.29) is 24.2 Å². The molecule has 6 nitrogen and oxygen atoms in total. The Hall–Kier alpha value is -2.58. The van der Waals surface area contributed by atoms with Gasteiger partial charge in [0.15, 0.2) is 0 Å². The van der Waals surface area contributed by atoms with Crippen LogP contribution in [0.2, 0.25) is 0 Å². The number of carbonyl (C=O) groups is 2. The molecular weight excluding hydrogens is 488 g/mol. The third-order valence-electron chi connectivity index (χ3n) is 4.82. The first-order valence-electron chi connectivity index (χ1n) is 10.6. The highest BCUT2D eigenvalue weighted by molar-refractivity contribution is 9.10. The Kier molecular flexibility index (Phi) is 8.93. The molecule has 2 amide bonds. The minimum Gasteiger partial charge on any atom is -0.342 e. The van der Waals surface area contributed by atoms with Gasteiger partial charge in [0.25, 0.3) is 0 Å². The number of rotatable bonds is 10. The summed E-state index contributed by atoms with van der Waals surface area (Å²) in [5.41, 5.74) is 2.12. The average Bonchev–Trinajstić information content (AvgIpc) is 3.22. The monoisotopic (exact) mass is 514 g/mol. The molecule has 1 heterocycles. The summed E-state index contributed by atoms with van der Waals surface area (Å²) in [5.74, 6) is 0.178. The van der Waals surface area contributed by atoms with Gasteiger partial charge in [0.05, 0.1) is 0 Å². The number of halogens is 1. The number of carbonyl (C=O) groups excluding carboxylic acids is 2. The van der Waals surface area contributed by atoms with Crippen LogP contribution >= 0.6 is 27.3 Å². The maximum atomic E-state index is 12.7. The molecule has 0 spiro atoms. The van der Waals surface area contributed by atoms with E-state index < -0.39 is 0 Å². The molecule has 2 aromatic carbocycles. The predicted octanol–water partition coefficient (Wildman–Crippen LogP) is 5.41.